The van der Waals surface area contributed by atoms with Crippen molar-refractivity contribution >= 4 is 19.9 Å². The normalized spacial score (nSPS) is 23.6. The lowest BCUT2D eigenvalue weighted by molar-refractivity contribution is -0.0312. The Hall–Kier alpha value is -1.96. The van der Waals surface area contributed by atoms with Crippen molar-refractivity contribution in [3.8, 4) is 5.75 Å². The van der Waals surface area contributed by atoms with Crippen molar-refractivity contribution < 1.29 is 31.4 Å². The second-order valence-corrected chi connectivity index (χ2v) is 14.1. The number of rotatable bonds is 10. The molecule has 2 aliphatic heterocycles. The van der Waals surface area contributed by atoms with Crippen LogP contribution >= 0.6 is 0 Å². The summed E-state index contributed by atoms with van der Waals surface area (Å²) in [6.07, 6.45) is 4.22. The monoisotopic (exact) mass is 539 g/mol. The van der Waals surface area contributed by atoms with Gasteiger partial charge in [0.05, 0.1) is 22.4 Å². The van der Waals surface area contributed by atoms with Gasteiger partial charge in [0, 0.05) is 31.9 Å². The van der Waals surface area contributed by atoms with Crippen molar-refractivity contribution in [2.45, 2.75) is 65.0 Å². The van der Waals surface area contributed by atoms with Crippen molar-refractivity contribution in [2.24, 2.45) is 0 Å². The molecule has 0 radical (unpaired) electrons. The highest BCUT2D eigenvalue weighted by molar-refractivity contribution is 7.92. The molecule has 1 aromatic heterocycles. The van der Waals surface area contributed by atoms with Crippen molar-refractivity contribution in [3.63, 3.8) is 0 Å². The number of aliphatic hydroxyl groups is 1. The Labute approximate surface area is 212 Å². The number of piperidine rings is 1. The number of hydrogen-bond donors (Lipinski definition) is 3. The average Bonchev–Trinajstić information content (AvgIpc) is 3.45. The lowest BCUT2D eigenvalue weighted by atomic mass is 9.88. The molecule has 1 unspecified atom stereocenters. The first kappa shape index (κ1) is 25.7. The molecule has 1 aromatic carbocycles. The number of aliphatic hydroxyl groups excluding tert-OH is 1. The molecule has 5 rings (SSSR count). The van der Waals surface area contributed by atoms with E-state index in [1.807, 2.05) is 0 Å². The minimum atomic E-state index is -3.52. The van der Waals surface area contributed by atoms with Gasteiger partial charge in [-0.15, -0.1) is 0 Å². The number of aromatic amines is 1. The number of aromatic nitrogens is 1. The quantitative estimate of drug-likeness (QED) is 0.411. The van der Waals surface area contributed by atoms with Gasteiger partial charge in [0.15, 0.2) is 9.84 Å². The zero-order valence-corrected chi connectivity index (χ0v) is 21.6. The van der Waals surface area contributed by atoms with Gasteiger partial charge in [-0.25, -0.2) is 16.8 Å². The maximum atomic E-state index is 12.7. The summed E-state index contributed by atoms with van der Waals surface area (Å²) < 4.78 is 63.6. The largest absolute Gasteiger partial charge is 0.491 e. The molecule has 1 spiro atoms. The minimum Gasteiger partial charge on any atom is -0.491 e. The number of benzene rings is 1. The third kappa shape index (κ3) is 5.48. The van der Waals surface area contributed by atoms with Gasteiger partial charge in [0.1, 0.15) is 23.5 Å². The molecular formula is C24H33N3O7S2. The van der Waals surface area contributed by atoms with E-state index < -0.39 is 26.0 Å². The molecule has 198 valence electrons. The smallest absolute Gasteiger partial charge is 0.258 e. The SMILES string of the molecule is O=S(=O)(c1cccc(OCC(O)CN[C@H]2COC3(CCN(S(=O)(=O)c4ccc[nH]4)CC3)C2)c1)C1CC1. The Morgan fingerprint density at radius 1 is 1.17 bits per heavy atom. The highest BCUT2D eigenvalue weighted by Gasteiger charge is 2.45. The summed E-state index contributed by atoms with van der Waals surface area (Å²) in [6, 6.07) is 9.72. The molecule has 3 N–H and O–H groups in total. The predicted octanol–water partition coefficient (Wildman–Crippen LogP) is 1.29. The number of H-pyrrole nitrogens is 1. The van der Waals surface area contributed by atoms with E-state index in [-0.39, 0.29) is 33.4 Å². The van der Waals surface area contributed by atoms with Gasteiger partial charge in [-0.3, -0.25) is 0 Å². The van der Waals surface area contributed by atoms with E-state index in [0.29, 0.717) is 57.7 Å². The molecule has 0 bridgehead atoms. The highest BCUT2D eigenvalue weighted by Crippen LogP contribution is 2.37. The number of sulfonamides is 1. The predicted molar refractivity (Wildman–Crippen MR) is 132 cm³/mol. The van der Waals surface area contributed by atoms with Crippen LogP contribution in [0, 0.1) is 0 Å². The van der Waals surface area contributed by atoms with E-state index in [0.717, 1.165) is 6.42 Å². The van der Waals surface area contributed by atoms with Crippen LogP contribution in [0.25, 0.3) is 0 Å². The summed E-state index contributed by atoms with van der Waals surface area (Å²) in [7, 11) is -6.81. The molecule has 2 saturated heterocycles. The zero-order valence-electron chi connectivity index (χ0n) is 20.0. The number of sulfone groups is 1. The van der Waals surface area contributed by atoms with Crippen LogP contribution in [0.3, 0.4) is 0 Å². The lowest BCUT2D eigenvalue weighted by Gasteiger charge is -2.37. The Kier molecular flexibility index (Phi) is 7.18. The van der Waals surface area contributed by atoms with Gasteiger partial charge >= 0.3 is 0 Å². The van der Waals surface area contributed by atoms with E-state index in [2.05, 4.69) is 10.3 Å². The highest BCUT2D eigenvalue weighted by atomic mass is 32.2. The van der Waals surface area contributed by atoms with Crippen molar-refractivity contribution in [2.75, 3.05) is 32.8 Å². The Morgan fingerprint density at radius 3 is 2.64 bits per heavy atom. The maximum absolute atomic E-state index is 12.7. The molecule has 3 aliphatic rings. The number of hydrogen-bond acceptors (Lipinski definition) is 8. The Morgan fingerprint density at radius 2 is 1.94 bits per heavy atom. The molecule has 0 amide bonds. The van der Waals surface area contributed by atoms with Crippen molar-refractivity contribution in [1.82, 2.24) is 14.6 Å². The molecular weight excluding hydrogens is 506 g/mol. The number of nitrogens with zero attached hydrogens (tertiary/aromatic N) is 1. The van der Waals surface area contributed by atoms with Gasteiger partial charge in [0.2, 0.25) is 0 Å². The summed E-state index contributed by atoms with van der Waals surface area (Å²) >= 11 is 0. The first-order valence-corrected chi connectivity index (χ1v) is 15.3. The van der Waals surface area contributed by atoms with E-state index >= 15 is 0 Å². The van der Waals surface area contributed by atoms with Crippen LogP contribution in [-0.2, 0) is 24.6 Å². The summed E-state index contributed by atoms with van der Waals surface area (Å²) in [6.45, 7) is 1.64. The third-order valence-electron chi connectivity index (χ3n) is 7.21. The van der Waals surface area contributed by atoms with Gasteiger partial charge in [-0.05, 0) is 62.4 Å². The fourth-order valence-electron chi connectivity index (χ4n) is 4.94. The molecule has 1 aliphatic carbocycles. The van der Waals surface area contributed by atoms with Crippen LogP contribution in [0.1, 0.15) is 32.1 Å². The van der Waals surface area contributed by atoms with E-state index in [1.165, 1.54) is 10.4 Å². The van der Waals surface area contributed by atoms with E-state index in [4.69, 9.17) is 9.47 Å². The van der Waals surface area contributed by atoms with Crippen molar-refractivity contribution in [3.05, 3.63) is 42.6 Å². The van der Waals surface area contributed by atoms with Crippen molar-refractivity contribution in [1.29, 1.82) is 0 Å². The topological polar surface area (TPSA) is 138 Å². The molecule has 2 atom stereocenters. The Balaban J connectivity index is 1.06. The first-order valence-electron chi connectivity index (χ1n) is 12.3. The second kappa shape index (κ2) is 10.1. The van der Waals surface area contributed by atoms with Gasteiger partial charge in [0.25, 0.3) is 10.0 Å². The molecule has 3 fully saturated rings. The van der Waals surface area contributed by atoms with Crippen LogP contribution in [0.5, 0.6) is 5.75 Å². The lowest BCUT2D eigenvalue weighted by Crippen LogP contribution is -2.47. The van der Waals surface area contributed by atoms with Crippen LogP contribution in [-0.4, -0.2) is 87.1 Å². The third-order valence-corrected chi connectivity index (χ3v) is 11.3. The van der Waals surface area contributed by atoms with Gasteiger partial charge in [-0.1, -0.05) is 6.07 Å². The van der Waals surface area contributed by atoms with Crippen LogP contribution in [0.2, 0.25) is 0 Å². The standard InChI is InChI=1S/C24H33N3O7S2/c28-19(17-33-20-3-1-4-22(13-20)35(29,30)21-6-7-21)15-26-18-14-24(34-16-18)8-11-27(12-9-24)36(31,32)23-5-2-10-25-23/h1-5,10,13,18-19,21,25-26,28H,6-9,11-12,14-17H2/t18-,19?/m1/s1. The zero-order chi connectivity index (χ0) is 25.4. The average molecular weight is 540 g/mol. The summed E-state index contributed by atoms with van der Waals surface area (Å²) in [4.78, 5) is 3.03. The summed E-state index contributed by atoms with van der Waals surface area (Å²) in [5.74, 6) is 0.417. The number of ether oxygens (including phenoxy) is 2. The minimum absolute atomic E-state index is 0.0320. The summed E-state index contributed by atoms with van der Waals surface area (Å²) in [5, 5.41) is 13.6. The molecule has 3 heterocycles. The van der Waals surface area contributed by atoms with Gasteiger partial charge < -0.3 is 24.9 Å². The molecule has 12 heteroatoms. The molecule has 1 saturated carbocycles. The number of nitrogens with one attached hydrogen (secondary N) is 2. The Bertz CT molecular complexity index is 1250. The van der Waals surface area contributed by atoms with E-state index in [9.17, 15) is 21.9 Å². The van der Waals surface area contributed by atoms with Gasteiger partial charge in [-0.2, -0.15) is 4.31 Å². The van der Waals surface area contributed by atoms with E-state index in [1.54, 1.807) is 36.5 Å². The van der Waals surface area contributed by atoms with Crippen LogP contribution in [0.4, 0.5) is 0 Å². The van der Waals surface area contributed by atoms with Crippen LogP contribution in [0.15, 0.2) is 52.5 Å². The second-order valence-electron chi connectivity index (χ2n) is 9.93. The summed E-state index contributed by atoms with van der Waals surface area (Å²) in [5.41, 5.74) is -0.353. The molecule has 2 aromatic rings. The van der Waals surface area contributed by atoms with Crippen LogP contribution < -0.4 is 10.1 Å². The fraction of sp³-hybridized carbons (Fsp3) is 0.583. The first-order chi connectivity index (χ1) is 17.2. The maximum Gasteiger partial charge on any atom is 0.258 e. The molecule has 10 nitrogen and oxygen atoms in total. The molecule has 36 heavy (non-hydrogen) atoms. The fourth-order valence-corrected chi connectivity index (χ4v) is 8.04.